The molecule has 1 unspecified atom stereocenters. The lowest BCUT2D eigenvalue weighted by Gasteiger charge is -2.37. The normalized spacial score (nSPS) is 29.2. The van der Waals surface area contributed by atoms with Crippen LogP contribution < -0.4 is 0 Å². The molecule has 20 heavy (non-hydrogen) atoms. The molecule has 3 aliphatic rings. The van der Waals surface area contributed by atoms with E-state index in [1.54, 1.807) is 18.0 Å². The first-order chi connectivity index (χ1) is 9.66. The van der Waals surface area contributed by atoms with Crippen molar-refractivity contribution in [2.75, 3.05) is 0 Å². The van der Waals surface area contributed by atoms with Gasteiger partial charge in [0.1, 0.15) is 22.3 Å². The summed E-state index contributed by atoms with van der Waals surface area (Å²) in [5.74, 6) is 0.571. The van der Waals surface area contributed by atoms with Gasteiger partial charge in [0.05, 0.1) is 5.75 Å². The third-order valence-corrected chi connectivity index (χ3v) is 5.69. The number of aromatic nitrogens is 2. The van der Waals surface area contributed by atoms with Crippen LogP contribution in [-0.4, -0.2) is 36.8 Å². The number of hydrogen-bond acceptors (Lipinski definition) is 5. The Kier molecular flexibility index (Phi) is 2.52. The molecular weight excluding hydrogens is 298 g/mol. The van der Waals surface area contributed by atoms with Crippen molar-refractivity contribution in [1.29, 1.82) is 0 Å². The minimum atomic E-state index is -1.06. The quantitative estimate of drug-likeness (QED) is 0.657. The van der Waals surface area contributed by atoms with E-state index in [1.165, 1.54) is 22.1 Å². The molecule has 0 spiro atoms. The summed E-state index contributed by atoms with van der Waals surface area (Å²) in [6.45, 7) is 0. The van der Waals surface area contributed by atoms with Gasteiger partial charge in [-0.15, -0.1) is 23.5 Å². The third-order valence-electron chi connectivity index (χ3n) is 3.48. The second-order valence-electron chi connectivity index (χ2n) is 4.55. The summed E-state index contributed by atoms with van der Waals surface area (Å²) >= 11 is 3.08. The number of thioether (sulfide) groups is 2. The number of hydrogen-bond donors (Lipinski definition) is 1. The lowest BCUT2D eigenvalue weighted by molar-refractivity contribution is -0.141. The van der Waals surface area contributed by atoms with Crippen molar-refractivity contribution in [1.82, 2.24) is 14.5 Å². The molecule has 8 heteroatoms. The van der Waals surface area contributed by atoms with Crippen LogP contribution in [0.1, 0.15) is 11.2 Å². The van der Waals surface area contributed by atoms with Crippen LogP contribution in [0.3, 0.4) is 0 Å². The molecule has 102 valence electrons. The Morgan fingerprint density at radius 2 is 2.40 bits per heavy atom. The number of nitrogens with zero attached hydrogens (tertiary/aromatic N) is 3. The third kappa shape index (κ3) is 1.52. The summed E-state index contributed by atoms with van der Waals surface area (Å²) in [4.78, 5) is 28.7. The van der Waals surface area contributed by atoms with Gasteiger partial charge in [0.2, 0.25) is 0 Å². The first-order valence-electron chi connectivity index (χ1n) is 5.94. The zero-order valence-electron chi connectivity index (χ0n) is 10.1. The zero-order chi connectivity index (χ0) is 13.9. The van der Waals surface area contributed by atoms with E-state index in [0.717, 1.165) is 11.6 Å². The van der Waals surface area contributed by atoms with Crippen LogP contribution in [0.5, 0.6) is 0 Å². The van der Waals surface area contributed by atoms with Crippen molar-refractivity contribution in [2.24, 2.45) is 0 Å². The van der Waals surface area contributed by atoms with Crippen LogP contribution in [0, 0.1) is 0 Å². The minimum absolute atomic E-state index is 0.0723. The number of carboxylic acid groups (broad SMARTS) is 1. The second kappa shape index (κ2) is 4.16. The average Bonchev–Trinajstić information content (AvgIpc) is 3.09. The van der Waals surface area contributed by atoms with E-state index in [4.69, 9.17) is 5.11 Å². The molecule has 3 aliphatic heterocycles. The molecule has 0 aliphatic carbocycles. The summed E-state index contributed by atoms with van der Waals surface area (Å²) < 4.78 is 2.04. The van der Waals surface area contributed by atoms with Crippen molar-refractivity contribution in [3.63, 3.8) is 0 Å². The molecule has 1 N–H and O–H groups in total. The van der Waals surface area contributed by atoms with E-state index >= 15 is 0 Å². The number of rotatable bonds is 2. The van der Waals surface area contributed by atoms with Gasteiger partial charge in [-0.1, -0.05) is 0 Å². The molecule has 0 bridgehead atoms. The van der Waals surface area contributed by atoms with Gasteiger partial charge < -0.3 is 9.67 Å². The Hall–Kier alpha value is -1.67. The number of carbonyl (C=O) groups excluding carboxylic acids is 1. The van der Waals surface area contributed by atoms with Crippen molar-refractivity contribution in [2.45, 2.75) is 16.5 Å². The summed E-state index contributed by atoms with van der Waals surface area (Å²) in [7, 11) is 0. The number of carboxylic acids is 1. The number of imidazole rings is 1. The summed E-state index contributed by atoms with van der Waals surface area (Å²) in [6, 6.07) is 0. The number of aliphatic carboxylic acids is 1. The summed E-state index contributed by atoms with van der Waals surface area (Å²) in [6.07, 6.45) is 5.59. The molecule has 1 amide bonds. The van der Waals surface area contributed by atoms with E-state index in [-0.39, 0.29) is 22.4 Å². The molecule has 1 fully saturated rings. The first-order valence-corrected chi connectivity index (χ1v) is 7.93. The molecule has 4 heterocycles. The summed E-state index contributed by atoms with van der Waals surface area (Å²) in [5.41, 5.74) is 0.756. The van der Waals surface area contributed by atoms with E-state index in [2.05, 4.69) is 4.98 Å². The smallest absolute Gasteiger partial charge is 0.353 e. The lowest BCUT2D eigenvalue weighted by atomic mass is 10.0. The van der Waals surface area contributed by atoms with E-state index in [9.17, 15) is 9.59 Å². The molecule has 1 aromatic rings. The number of β-lactam (4-membered cyclic amide) rings is 1. The molecule has 1 aromatic heterocycles. The Balaban J connectivity index is 1.60. The zero-order valence-corrected chi connectivity index (χ0v) is 11.7. The van der Waals surface area contributed by atoms with Crippen LogP contribution in [0.15, 0.2) is 35.1 Å². The first kappa shape index (κ1) is 12.1. The monoisotopic (exact) mass is 307 g/mol. The largest absolute Gasteiger partial charge is 0.477 e. The van der Waals surface area contributed by atoms with Crippen molar-refractivity contribution >= 4 is 35.4 Å². The fourth-order valence-electron chi connectivity index (χ4n) is 2.50. The predicted octanol–water partition coefficient (Wildman–Crippen LogP) is 1.40. The molecular formula is C12H9N3O3S2. The molecule has 1 saturated heterocycles. The highest BCUT2D eigenvalue weighted by Crippen LogP contribution is 2.47. The lowest BCUT2D eigenvalue weighted by Crippen LogP contribution is -2.51. The molecule has 2 atom stereocenters. The SMILES string of the molecule is O=C(O)C1=CS[C@@H]2C(=CC3SCc4nccn43)C(=O)N12. The number of fused-ring (bicyclic) bond motifs is 2. The van der Waals surface area contributed by atoms with Gasteiger partial charge in [0.25, 0.3) is 5.91 Å². The molecule has 4 rings (SSSR count). The Morgan fingerprint density at radius 1 is 1.55 bits per heavy atom. The van der Waals surface area contributed by atoms with Crippen molar-refractivity contribution in [3.8, 4) is 0 Å². The molecule has 6 nitrogen and oxygen atoms in total. The Labute approximate surface area is 122 Å². The molecule has 0 aromatic carbocycles. The van der Waals surface area contributed by atoms with Gasteiger partial charge in [-0.3, -0.25) is 9.69 Å². The second-order valence-corrected chi connectivity index (χ2v) is 6.61. The highest BCUT2D eigenvalue weighted by atomic mass is 32.2. The van der Waals surface area contributed by atoms with Crippen LogP contribution in [0.4, 0.5) is 0 Å². The Morgan fingerprint density at radius 3 is 3.20 bits per heavy atom. The fraction of sp³-hybridized carbons (Fsp3) is 0.250. The topological polar surface area (TPSA) is 75.4 Å². The van der Waals surface area contributed by atoms with E-state index in [0.29, 0.717) is 5.57 Å². The maximum absolute atomic E-state index is 12.1. The van der Waals surface area contributed by atoms with Crippen LogP contribution in [0.25, 0.3) is 0 Å². The van der Waals surface area contributed by atoms with Gasteiger partial charge in [0, 0.05) is 23.4 Å². The fourth-order valence-corrected chi connectivity index (χ4v) is 4.76. The van der Waals surface area contributed by atoms with Gasteiger partial charge in [-0.05, 0) is 6.08 Å². The van der Waals surface area contributed by atoms with Gasteiger partial charge in [-0.2, -0.15) is 0 Å². The van der Waals surface area contributed by atoms with Gasteiger partial charge in [0.15, 0.2) is 0 Å². The highest BCUT2D eigenvalue weighted by molar-refractivity contribution is 8.03. The number of amides is 1. The van der Waals surface area contributed by atoms with Crippen LogP contribution >= 0.6 is 23.5 Å². The van der Waals surface area contributed by atoms with Gasteiger partial charge >= 0.3 is 5.97 Å². The average molecular weight is 307 g/mol. The van der Waals surface area contributed by atoms with Crippen molar-refractivity contribution < 1.29 is 14.7 Å². The Bertz CT molecular complexity index is 694. The standard InChI is InChI=1S/C12H9N3O3S2/c16-10-6(11-15(10)7(4-20-11)12(17)18)3-9-14-2-1-13-8(14)5-19-9/h1-4,9,11H,5H2,(H,17,18)/t9?,11-/m1/s1. The van der Waals surface area contributed by atoms with Crippen LogP contribution in [-0.2, 0) is 15.3 Å². The maximum atomic E-state index is 12.1. The van der Waals surface area contributed by atoms with E-state index < -0.39 is 5.97 Å². The predicted molar refractivity (Wildman–Crippen MR) is 74.6 cm³/mol. The van der Waals surface area contributed by atoms with Gasteiger partial charge in [-0.25, -0.2) is 9.78 Å². The maximum Gasteiger partial charge on any atom is 0.353 e. The van der Waals surface area contributed by atoms with Crippen LogP contribution in [0.2, 0.25) is 0 Å². The number of carbonyl (C=O) groups is 2. The molecule has 0 saturated carbocycles. The highest BCUT2D eigenvalue weighted by Gasteiger charge is 2.49. The van der Waals surface area contributed by atoms with E-state index in [1.807, 2.05) is 16.8 Å². The summed E-state index contributed by atoms with van der Waals surface area (Å²) in [5, 5.41) is 10.4. The van der Waals surface area contributed by atoms with Crippen molar-refractivity contribution in [3.05, 3.63) is 41.0 Å². The molecule has 0 radical (unpaired) electrons. The minimum Gasteiger partial charge on any atom is -0.477 e.